The molecule has 1 aromatic rings. The number of hydrogen-bond donors (Lipinski definition) is 2. The van der Waals surface area contributed by atoms with E-state index in [1.165, 1.54) is 12.1 Å². The molecule has 0 aromatic heterocycles. The van der Waals surface area contributed by atoms with Crippen molar-refractivity contribution in [1.29, 1.82) is 0 Å². The van der Waals surface area contributed by atoms with E-state index in [4.69, 9.17) is 4.74 Å². The number of piperidine rings is 1. The summed E-state index contributed by atoms with van der Waals surface area (Å²) < 4.78 is 32.2. The molecule has 6 heteroatoms. The Hall–Kier alpha value is -1.53. The van der Waals surface area contributed by atoms with Crippen LogP contribution in [0.4, 0.5) is 8.78 Å². The monoisotopic (exact) mass is 310 g/mol. The molecule has 120 valence electrons. The maximum atomic E-state index is 13.4. The Morgan fingerprint density at radius 2 is 2.00 bits per heavy atom. The van der Waals surface area contributed by atoms with Crippen LogP contribution in [0.5, 0.6) is 0 Å². The highest BCUT2D eigenvalue weighted by molar-refractivity contribution is 5.77. The first-order valence-electron chi connectivity index (χ1n) is 7.68. The van der Waals surface area contributed by atoms with Gasteiger partial charge in [-0.05, 0) is 36.5 Å². The van der Waals surface area contributed by atoms with Gasteiger partial charge in [-0.25, -0.2) is 8.78 Å². The summed E-state index contributed by atoms with van der Waals surface area (Å²) in [6.45, 7) is 2.31. The SMILES string of the molecule is O=C1CC[C@@H](NCC2CCOC2)[C@H](c2cc(F)cc(F)c2)N1. The molecule has 0 spiro atoms. The summed E-state index contributed by atoms with van der Waals surface area (Å²) in [6, 6.07) is 2.97. The standard InChI is InChI=1S/C16H20F2N2O2/c17-12-5-11(6-13(18)7-12)16-14(1-2-15(21)20-16)19-8-10-3-4-22-9-10/h5-7,10,14,16,19H,1-4,8-9H2,(H,20,21)/t10?,14-,16+/m1/s1. The van der Waals surface area contributed by atoms with E-state index >= 15 is 0 Å². The highest BCUT2D eigenvalue weighted by Crippen LogP contribution is 2.26. The van der Waals surface area contributed by atoms with Crippen LogP contribution in [-0.2, 0) is 9.53 Å². The van der Waals surface area contributed by atoms with Crippen LogP contribution < -0.4 is 10.6 Å². The van der Waals surface area contributed by atoms with Crippen molar-refractivity contribution in [2.45, 2.75) is 31.3 Å². The Morgan fingerprint density at radius 3 is 2.68 bits per heavy atom. The largest absolute Gasteiger partial charge is 0.381 e. The van der Waals surface area contributed by atoms with Crippen LogP contribution in [0.1, 0.15) is 30.9 Å². The van der Waals surface area contributed by atoms with Gasteiger partial charge in [-0.1, -0.05) is 0 Å². The van der Waals surface area contributed by atoms with Crippen molar-refractivity contribution in [3.63, 3.8) is 0 Å². The Morgan fingerprint density at radius 1 is 1.23 bits per heavy atom. The maximum absolute atomic E-state index is 13.4. The van der Waals surface area contributed by atoms with Gasteiger partial charge in [0.2, 0.25) is 5.91 Å². The second-order valence-electron chi connectivity index (χ2n) is 6.03. The van der Waals surface area contributed by atoms with Gasteiger partial charge >= 0.3 is 0 Å². The minimum atomic E-state index is -0.627. The molecule has 2 N–H and O–H groups in total. The Balaban J connectivity index is 1.72. The molecule has 1 amide bonds. The molecule has 1 aromatic carbocycles. The first-order valence-corrected chi connectivity index (χ1v) is 7.68. The highest BCUT2D eigenvalue weighted by Gasteiger charge is 2.31. The van der Waals surface area contributed by atoms with Crippen molar-refractivity contribution in [2.75, 3.05) is 19.8 Å². The van der Waals surface area contributed by atoms with Crippen molar-refractivity contribution in [3.8, 4) is 0 Å². The summed E-state index contributed by atoms with van der Waals surface area (Å²) in [7, 11) is 0. The Bertz CT molecular complexity index is 527. The third-order valence-electron chi connectivity index (χ3n) is 4.34. The second-order valence-corrected chi connectivity index (χ2v) is 6.03. The summed E-state index contributed by atoms with van der Waals surface area (Å²) in [6.07, 6.45) is 2.10. The molecule has 2 saturated heterocycles. The number of carbonyl (C=O) groups excluding carboxylic acids is 1. The topological polar surface area (TPSA) is 50.4 Å². The van der Waals surface area contributed by atoms with Crippen LogP contribution in [0.2, 0.25) is 0 Å². The summed E-state index contributed by atoms with van der Waals surface area (Å²) in [5.74, 6) is -0.880. The predicted octanol–water partition coefficient (Wildman–Crippen LogP) is 1.91. The number of amides is 1. The molecule has 0 saturated carbocycles. The molecular formula is C16H20F2N2O2. The molecule has 0 bridgehead atoms. The highest BCUT2D eigenvalue weighted by atomic mass is 19.1. The zero-order valence-corrected chi connectivity index (χ0v) is 12.3. The number of nitrogens with one attached hydrogen (secondary N) is 2. The number of benzene rings is 1. The molecule has 3 atom stereocenters. The first kappa shape index (κ1) is 15.4. The number of halogens is 2. The fourth-order valence-electron chi connectivity index (χ4n) is 3.15. The minimum absolute atomic E-state index is 0.0282. The van der Waals surface area contributed by atoms with E-state index in [9.17, 15) is 13.6 Å². The van der Waals surface area contributed by atoms with Crippen LogP contribution >= 0.6 is 0 Å². The molecule has 4 nitrogen and oxygen atoms in total. The minimum Gasteiger partial charge on any atom is -0.381 e. The lowest BCUT2D eigenvalue weighted by molar-refractivity contribution is -0.123. The average Bonchev–Trinajstić information content (AvgIpc) is 2.98. The lowest BCUT2D eigenvalue weighted by Crippen LogP contribution is -2.49. The number of hydrogen-bond acceptors (Lipinski definition) is 3. The quantitative estimate of drug-likeness (QED) is 0.893. The van der Waals surface area contributed by atoms with Crippen molar-refractivity contribution < 1.29 is 18.3 Å². The first-order chi connectivity index (χ1) is 10.6. The van der Waals surface area contributed by atoms with Crippen LogP contribution in [0.25, 0.3) is 0 Å². The summed E-state index contributed by atoms with van der Waals surface area (Å²) in [5.41, 5.74) is 0.464. The van der Waals surface area contributed by atoms with E-state index in [0.29, 0.717) is 24.3 Å². The van der Waals surface area contributed by atoms with Crippen LogP contribution in [0.15, 0.2) is 18.2 Å². The van der Waals surface area contributed by atoms with Gasteiger partial charge in [-0.2, -0.15) is 0 Å². The molecule has 2 aliphatic rings. The fourth-order valence-corrected chi connectivity index (χ4v) is 3.15. The molecule has 2 fully saturated rings. The zero-order chi connectivity index (χ0) is 15.5. The lowest BCUT2D eigenvalue weighted by Gasteiger charge is -2.34. The van der Waals surface area contributed by atoms with E-state index in [1.807, 2.05) is 0 Å². The smallest absolute Gasteiger partial charge is 0.220 e. The van der Waals surface area contributed by atoms with Crippen molar-refractivity contribution in [1.82, 2.24) is 10.6 Å². The molecule has 1 unspecified atom stereocenters. The van der Waals surface area contributed by atoms with E-state index < -0.39 is 17.7 Å². The molecule has 0 radical (unpaired) electrons. The molecule has 2 aliphatic heterocycles. The van der Waals surface area contributed by atoms with Crippen LogP contribution in [0, 0.1) is 17.6 Å². The average molecular weight is 310 g/mol. The second kappa shape index (κ2) is 6.71. The van der Waals surface area contributed by atoms with E-state index in [0.717, 1.165) is 32.2 Å². The molecular weight excluding hydrogens is 290 g/mol. The van der Waals surface area contributed by atoms with E-state index in [-0.39, 0.29) is 11.9 Å². The van der Waals surface area contributed by atoms with Crippen molar-refractivity contribution in [3.05, 3.63) is 35.4 Å². The summed E-state index contributed by atoms with van der Waals surface area (Å²) in [4.78, 5) is 11.7. The van der Waals surface area contributed by atoms with Crippen LogP contribution in [-0.4, -0.2) is 31.7 Å². The molecule has 3 rings (SSSR count). The molecule has 22 heavy (non-hydrogen) atoms. The van der Waals surface area contributed by atoms with Gasteiger partial charge in [0.1, 0.15) is 11.6 Å². The third kappa shape index (κ3) is 3.62. The van der Waals surface area contributed by atoms with Gasteiger partial charge in [0.05, 0.1) is 12.6 Å². The van der Waals surface area contributed by atoms with Crippen molar-refractivity contribution in [2.24, 2.45) is 5.92 Å². The van der Waals surface area contributed by atoms with E-state index in [1.54, 1.807) is 0 Å². The van der Waals surface area contributed by atoms with Gasteiger partial charge < -0.3 is 15.4 Å². The van der Waals surface area contributed by atoms with Gasteiger partial charge in [0.15, 0.2) is 0 Å². The summed E-state index contributed by atoms with van der Waals surface area (Å²) in [5, 5.41) is 6.28. The van der Waals surface area contributed by atoms with Gasteiger partial charge in [0, 0.05) is 31.7 Å². The van der Waals surface area contributed by atoms with Crippen LogP contribution in [0.3, 0.4) is 0 Å². The lowest BCUT2D eigenvalue weighted by atomic mass is 9.91. The van der Waals surface area contributed by atoms with Gasteiger partial charge in [-0.15, -0.1) is 0 Å². The molecule has 2 heterocycles. The van der Waals surface area contributed by atoms with Gasteiger partial charge in [0.25, 0.3) is 0 Å². The Labute approximate surface area is 128 Å². The predicted molar refractivity (Wildman–Crippen MR) is 77.2 cm³/mol. The number of carbonyl (C=O) groups is 1. The zero-order valence-electron chi connectivity index (χ0n) is 12.3. The maximum Gasteiger partial charge on any atom is 0.220 e. The third-order valence-corrected chi connectivity index (χ3v) is 4.34. The van der Waals surface area contributed by atoms with Gasteiger partial charge in [-0.3, -0.25) is 4.79 Å². The fraction of sp³-hybridized carbons (Fsp3) is 0.562. The molecule has 0 aliphatic carbocycles. The van der Waals surface area contributed by atoms with E-state index in [2.05, 4.69) is 10.6 Å². The summed E-state index contributed by atoms with van der Waals surface area (Å²) >= 11 is 0. The number of rotatable bonds is 4. The number of ether oxygens (including phenoxy) is 1. The van der Waals surface area contributed by atoms with Crippen molar-refractivity contribution >= 4 is 5.91 Å². The normalized spacial score (nSPS) is 28.6. The Kier molecular flexibility index (Phi) is 4.69.